The lowest BCUT2D eigenvalue weighted by molar-refractivity contribution is -0.142. The van der Waals surface area contributed by atoms with E-state index in [1.54, 1.807) is 44.2 Å². The Morgan fingerprint density at radius 3 is 1.92 bits per heavy atom. The number of primary amides is 2. The first-order valence-electron chi connectivity index (χ1n) is 25.6. The van der Waals surface area contributed by atoms with E-state index in [1.165, 1.54) is 26.5 Å². The number of aliphatic imine (C=N–C) groups is 1. The van der Waals surface area contributed by atoms with Crippen LogP contribution in [-0.2, 0) is 60.8 Å². The van der Waals surface area contributed by atoms with Gasteiger partial charge < -0.3 is 65.1 Å². The zero-order valence-electron chi connectivity index (χ0n) is 43.0. The van der Waals surface area contributed by atoms with Gasteiger partial charge in [-0.15, -0.1) is 0 Å². The molecule has 0 unspecified atom stereocenters. The maximum absolute atomic E-state index is 14.9. The third kappa shape index (κ3) is 18.7. The Morgan fingerprint density at radius 1 is 0.737 bits per heavy atom. The van der Waals surface area contributed by atoms with Gasteiger partial charge in [0.25, 0.3) is 0 Å². The number of hydrogen-bond acceptors (Lipinski definition) is 13. The van der Waals surface area contributed by atoms with Gasteiger partial charge in [0.2, 0.25) is 59.1 Å². The highest BCUT2D eigenvalue weighted by Gasteiger charge is 2.42. The van der Waals surface area contributed by atoms with Gasteiger partial charge in [-0.05, 0) is 55.6 Å². The number of rotatable bonds is 17. The molecule has 5 rings (SSSR count). The van der Waals surface area contributed by atoms with Gasteiger partial charge in [-0.3, -0.25) is 52.9 Å². The second-order valence-electron chi connectivity index (χ2n) is 19.8. The van der Waals surface area contributed by atoms with E-state index >= 15 is 0 Å². The monoisotopic (exact) mass is 1090 g/mol. The number of likely N-dealkylation sites (tertiary alicyclic amines) is 1. The summed E-state index contributed by atoms with van der Waals surface area (Å²) in [5.41, 5.74) is 23.2. The molecule has 414 valence electrons. The average molecular weight is 1090 g/mol. The van der Waals surface area contributed by atoms with E-state index in [1.807, 2.05) is 30.3 Å². The highest BCUT2D eigenvalue weighted by Crippen LogP contribution is 2.48. The van der Waals surface area contributed by atoms with E-state index in [-0.39, 0.29) is 63.3 Å². The first-order valence-corrected chi connectivity index (χ1v) is 28.0. The fourth-order valence-electron chi connectivity index (χ4n) is 9.39. The Hall–Kier alpha value is -6.89. The lowest BCUT2D eigenvalue weighted by Crippen LogP contribution is -2.61. The molecular formula is C51H73N13O10S2. The number of carbonyl (C=O) groups is 10. The number of nitrogens with zero attached hydrogens (tertiary/aromatic N) is 2. The molecule has 3 fully saturated rings. The summed E-state index contributed by atoms with van der Waals surface area (Å²) in [6.07, 6.45) is 3.93. The minimum absolute atomic E-state index is 0.00303. The number of benzene rings is 2. The van der Waals surface area contributed by atoms with Crippen molar-refractivity contribution in [1.82, 2.24) is 42.1 Å². The number of nitrogens with one attached hydrogen (secondary N) is 7. The Balaban J connectivity index is 1.51. The maximum atomic E-state index is 14.9. The minimum atomic E-state index is -1.65. The van der Waals surface area contributed by atoms with E-state index in [9.17, 15) is 47.9 Å². The zero-order chi connectivity index (χ0) is 55.4. The highest BCUT2D eigenvalue weighted by atomic mass is 33.1. The van der Waals surface area contributed by atoms with E-state index < -0.39 is 125 Å². The smallest absolute Gasteiger partial charge is 0.246 e. The fourth-order valence-corrected chi connectivity index (χ4v) is 12.8. The highest BCUT2D eigenvalue weighted by molar-refractivity contribution is 8.77. The van der Waals surface area contributed by atoms with Crippen molar-refractivity contribution in [2.75, 3.05) is 25.4 Å². The molecule has 2 saturated heterocycles. The molecular weight excluding hydrogens is 1020 g/mol. The second-order valence-corrected chi connectivity index (χ2v) is 22.6. The van der Waals surface area contributed by atoms with Crippen molar-refractivity contribution >= 4 is 86.6 Å². The average Bonchev–Trinajstić information content (AvgIpc) is 3.87. The van der Waals surface area contributed by atoms with E-state index in [2.05, 4.69) is 42.2 Å². The number of nitrogens with two attached hydrogens (primary N) is 4. The molecule has 2 aromatic rings. The molecule has 25 heteroatoms. The van der Waals surface area contributed by atoms with Crippen molar-refractivity contribution in [2.45, 2.75) is 144 Å². The molecule has 1 spiro atoms. The van der Waals surface area contributed by atoms with Gasteiger partial charge in [-0.25, -0.2) is 0 Å². The van der Waals surface area contributed by atoms with Crippen molar-refractivity contribution in [1.29, 1.82) is 0 Å². The van der Waals surface area contributed by atoms with Crippen LogP contribution in [0.2, 0.25) is 0 Å². The van der Waals surface area contributed by atoms with Crippen LogP contribution in [0.15, 0.2) is 65.7 Å². The van der Waals surface area contributed by atoms with Gasteiger partial charge in [0.15, 0.2) is 5.96 Å². The van der Waals surface area contributed by atoms with Crippen LogP contribution in [0.4, 0.5) is 0 Å². The molecule has 23 nitrogen and oxygen atoms in total. The molecule has 7 atom stereocenters. The van der Waals surface area contributed by atoms with Gasteiger partial charge >= 0.3 is 0 Å². The van der Waals surface area contributed by atoms with Gasteiger partial charge in [0.1, 0.15) is 42.3 Å². The third-order valence-electron chi connectivity index (χ3n) is 13.3. The summed E-state index contributed by atoms with van der Waals surface area (Å²) in [6.45, 7) is 3.00. The van der Waals surface area contributed by atoms with Crippen LogP contribution in [0, 0.1) is 5.92 Å². The SMILES string of the molecule is CC(C)[C@@H]1NC(=O)[C@@H](Cc2ccccc2)NC(=O)[C@@H](Cc2ccccc2)NC(=O)CC2(CCCCC2)SSC[C@H](C(=O)N2CCC[C@H]2C(=O)N[C@@H](CCCN=C(N)N)C(=O)NCC(N)=O)NC(=O)[C@@H](CC(N)=O)NC1=O. The van der Waals surface area contributed by atoms with Crippen LogP contribution in [0.3, 0.4) is 0 Å². The van der Waals surface area contributed by atoms with Crippen LogP contribution >= 0.6 is 21.6 Å². The molecule has 1 aliphatic carbocycles. The first-order chi connectivity index (χ1) is 36.2. The van der Waals surface area contributed by atoms with Gasteiger partial charge in [-0.1, -0.05) is 115 Å². The second kappa shape index (κ2) is 29.4. The lowest BCUT2D eigenvalue weighted by atomic mass is 9.85. The summed E-state index contributed by atoms with van der Waals surface area (Å²) in [7, 11) is 2.60. The Kier molecular flexibility index (Phi) is 23.2. The lowest BCUT2D eigenvalue weighted by Gasteiger charge is -2.37. The van der Waals surface area contributed by atoms with E-state index in [0.717, 1.165) is 24.8 Å². The number of carbonyl (C=O) groups excluding carboxylic acids is 10. The first kappa shape index (κ1) is 60.0. The van der Waals surface area contributed by atoms with Gasteiger partial charge in [0.05, 0.1) is 13.0 Å². The number of amides is 10. The molecule has 10 amide bonds. The van der Waals surface area contributed by atoms with Crippen LogP contribution in [0.25, 0.3) is 0 Å². The van der Waals surface area contributed by atoms with Crippen molar-refractivity contribution in [3.05, 3.63) is 71.8 Å². The van der Waals surface area contributed by atoms with E-state index in [0.29, 0.717) is 24.8 Å². The van der Waals surface area contributed by atoms with Gasteiger partial charge in [-0.2, -0.15) is 0 Å². The number of hydrogen-bond donors (Lipinski definition) is 11. The molecule has 0 aromatic heterocycles. The summed E-state index contributed by atoms with van der Waals surface area (Å²) >= 11 is 0. The zero-order valence-corrected chi connectivity index (χ0v) is 44.6. The molecule has 2 aromatic carbocycles. The van der Waals surface area contributed by atoms with E-state index in [4.69, 9.17) is 22.9 Å². The predicted octanol–water partition coefficient (Wildman–Crippen LogP) is -0.954. The minimum Gasteiger partial charge on any atom is -0.370 e. The molecule has 2 aliphatic heterocycles. The number of guanidine groups is 1. The molecule has 3 aliphatic rings. The van der Waals surface area contributed by atoms with Crippen LogP contribution in [-0.4, -0.2) is 142 Å². The molecule has 15 N–H and O–H groups in total. The normalized spacial score (nSPS) is 23.4. The maximum Gasteiger partial charge on any atom is 0.246 e. The van der Waals surface area contributed by atoms with Gasteiger partial charge in [0, 0.05) is 42.9 Å². The standard InChI is InChI=1S/C51H73N13O10S2/c1-30(2)42-48(73)61-36(26-39(52)65)45(70)62-37(49(74)64-23-13-19-38(64)47(72)59-33(18-12-22-56-50(54)55)43(68)57-28-40(53)66)29-75-76-51(20-10-5-11-21-51)27-41(67)58-34(24-31-14-6-3-7-15-31)44(69)60-35(46(71)63-42)25-32-16-8-4-9-17-32/h3-4,6-9,14-17,30,33-38,42H,5,10-13,18-29H2,1-2H3,(H2,52,65)(H2,53,66)(H,57,68)(H,58,67)(H,59,72)(H,60,69)(H,61,73)(H,62,70)(H,63,71)(H4,54,55,56)/t33-,34+,35+,36+,37+,38-,42-/m0/s1. The van der Waals surface area contributed by atoms with Crippen LogP contribution < -0.4 is 60.2 Å². The van der Waals surface area contributed by atoms with Crippen molar-refractivity contribution in [3.8, 4) is 0 Å². The topological polar surface area (TPSA) is 375 Å². The summed E-state index contributed by atoms with van der Waals surface area (Å²) in [6, 6.07) is 8.97. The Labute approximate surface area is 450 Å². The summed E-state index contributed by atoms with van der Waals surface area (Å²) < 4.78 is -0.690. The van der Waals surface area contributed by atoms with Crippen LogP contribution in [0.5, 0.6) is 0 Å². The van der Waals surface area contributed by atoms with Crippen molar-refractivity contribution in [3.63, 3.8) is 0 Å². The summed E-state index contributed by atoms with van der Waals surface area (Å²) in [4.78, 5) is 144. The Morgan fingerprint density at radius 2 is 1.33 bits per heavy atom. The summed E-state index contributed by atoms with van der Waals surface area (Å²) in [5.74, 6) is -8.39. The molecule has 1 saturated carbocycles. The third-order valence-corrected chi connectivity index (χ3v) is 16.6. The summed E-state index contributed by atoms with van der Waals surface area (Å²) in [5, 5.41) is 19.0. The largest absolute Gasteiger partial charge is 0.370 e. The predicted molar refractivity (Wildman–Crippen MR) is 288 cm³/mol. The molecule has 0 radical (unpaired) electrons. The van der Waals surface area contributed by atoms with Crippen molar-refractivity contribution < 1.29 is 47.9 Å². The molecule has 76 heavy (non-hydrogen) atoms. The quantitative estimate of drug-likeness (QED) is 0.0394. The molecule has 2 heterocycles. The fraction of sp³-hybridized carbons (Fsp3) is 0.549. The van der Waals surface area contributed by atoms with Crippen LogP contribution in [0.1, 0.15) is 95.6 Å². The molecule has 0 bridgehead atoms. The Bertz CT molecular complexity index is 2410. The van der Waals surface area contributed by atoms with Crippen molar-refractivity contribution in [2.24, 2.45) is 33.8 Å².